The van der Waals surface area contributed by atoms with Crippen LogP contribution >= 0.6 is 0 Å². The summed E-state index contributed by atoms with van der Waals surface area (Å²) in [5.74, 6) is -0.880. The Kier molecular flexibility index (Phi) is 3.78. The second kappa shape index (κ2) is 5.34. The summed E-state index contributed by atoms with van der Waals surface area (Å²) in [5.41, 5.74) is 0.0965. The quantitative estimate of drug-likeness (QED) is 0.846. The highest BCUT2D eigenvalue weighted by atomic mass is 16.4. The summed E-state index contributed by atoms with van der Waals surface area (Å²) < 4.78 is 0. The molecule has 1 aliphatic rings. The van der Waals surface area contributed by atoms with Gasteiger partial charge in [0.1, 0.15) is 5.41 Å². The molecule has 1 aromatic rings. The first-order valence-electron chi connectivity index (χ1n) is 6.27. The second-order valence-electron chi connectivity index (χ2n) is 5.01. The van der Waals surface area contributed by atoms with E-state index in [-0.39, 0.29) is 5.91 Å². The molecular weight excluding hydrogens is 246 g/mol. The average molecular weight is 263 g/mol. The van der Waals surface area contributed by atoms with E-state index in [2.05, 4.69) is 9.97 Å². The molecule has 6 heteroatoms. The summed E-state index contributed by atoms with van der Waals surface area (Å²) in [6, 6.07) is 0. The molecule has 0 aromatic carbocycles. The lowest BCUT2D eigenvalue weighted by atomic mass is 9.75. The fraction of sp³-hybridized carbons (Fsp3) is 0.538. The summed E-state index contributed by atoms with van der Waals surface area (Å²) in [5, 5.41) is 9.31. The third kappa shape index (κ3) is 2.89. The van der Waals surface area contributed by atoms with Gasteiger partial charge in [-0.05, 0) is 19.3 Å². The van der Waals surface area contributed by atoms with Crippen molar-refractivity contribution >= 4 is 11.9 Å². The molecule has 1 amide bonds. The molecular formula is C13H17N3O3. The Morgan fingerprint density at radius 3 is 2.68 bits per heavy atom. The van der Waals surface area contributed by atoms with Crippen molar-refractivity contribution in [3.05, 3.63) is 24.3 Å². The molecule has 0 bridgehead atoms. The first-order chi connectivity index (χ1) is 9.03. The van der Waals surface area contributed by atoms with Crippen molar-refractivity contribution in [1.29, 1.82) is 0 Å². The van der Waals surface area contributed by atoms with Crippen molar-refractivity contribution in [2.75, 3.05) is 13.1 Å². The molecule has 1 N–H and O–H groups in total. The fourth-order valence-electron chi connectivity index (χ4n) is 2.37. The molecule has 1 aromatic heterocycles. The lowest BCUT2D eigenvalue weighted by Gasteiger charge is -2.46. The molecule has 2 rings (SSSR count). The van der Waals surface area contributed by atoms with E-state index in [1.807, 2.05) is 0 Å². The van der Waals surface area contributed by atoms with E-state index in [1.54, 1.807) is 23.5 Å². The molecule has 1 aliphatic heterocycles. The van der Waals surface area contributed by atoms with Crippen LogP contribution in [0.5, 0.6) is 0 Å². The monoisotopic (exact) mass is 263 g/mol. The predicted molar refractivity (Wildman–Crippen MR) is 67.3 cm³/mol. The predicted octanol–water partition coefficient (Wildman–Crippen LogP) is 0.732. The third-order valence-electron chi connectivity index (χ3n) is 3.59. The van der Waals surface area contributed by atoms with Crippen molar-refractivity contribution < 1.29 is 14.7 Å². The normalized spacial score (nSPS) is 16.8. The highest BCUT2D eigenvalue weighted by Gasteiger charge is 2.49. The van der Waals surface area contributed by atoms with Gasteiger partial charge in [-0.3, -0.25) is 19.6 Å². The Bertz CT molecular complexity index is 469. The molecule has 102 valence electrons. The zero-order valence-electron chi connectivity index (χ0n) is 10.9. The van der Waals surface area contributed by atoms with Gasteiger partial charge in [-0.15, -0.1) is 0 Å². The number of carboxylic acid groups (broad SMARTS) is 1. The molecule has 0 radical (unpaired) electrons. The molecule has 1 saturated heterocycles. The van der Waals surface area contributed by atoms with Gasteiger partial charge in [-0.1, -0.05) is 0 Å². The van der Waals surface area contributed by atoms with Gasteiger partial charge in [0.25, 0.3) is 0 Å². The number of hydrogen-bond acceptors (Lipinski definition) is 4. The first-order valence-corrected chi connectivity index (χ1v) is 6.27. The molecule has 19 heavy (non-hydrogen) atoms. The maximum absolute atomic E-state index is 11.3. The van der Waals surface area contributed by atoms with Crippen LogP contribution in [-0.2, 0) is 16.0 Å². The average Bonchev–Trinajstić information content (AvgIpc) is 2.32. The summed E-state index contributed by atoms with van der Waals surface area (Å²) in [4.78, 5) is 32.2. The van der Waals surface area contributed by atoms with E-state index < -0.39 is 11.4 Å². The largest absolute Gasteiger partial charge is 0.481 e. The molecule has 6 nitrogen and oxygen atoms in total. The number of likely N-dealkylation sites (tertiary alicyclic amines) is 1. The van der Waals surface area contributed by atoms with E-state index >= 15 is 0 Å². The Morgan fingerprint density at radius 2 is 2.16 bits per heavy atom. The standard InChI is InChI=1S/C13H17N3O3/c1-10(17)16-8-13(9-16,12(18)19)4-2-3-11-7-14-5-6-15-11/h5-7H,2-4,8-9H2,1H3,(H,18,19). The zero-order chi connectivity index (χ0) is 13.9. The van der Waals surface area contributed by atoms with Crippen LogP contribution in [0, 0.1) is 5.41 Å². The number of nitrogens with zero attached hydrogens (tertiary/aromatic N) is 3. The number of aliphatic carboxylic acids is 1. The summed E-state index contributed by atoms with van der Waals surface area (Å²) >= 11 is 0. The molecule has 2 heterocycles. The molecule has 0 atom stereocenters. The van der Waals surface area contributed by atoms with Crippen molar-refractivity contribution in [2.45, 2.75) is 26.2 Å². The smallest absolute Gasteiger partial charge is 0.313 e. The molecule has 1 fully saturated rings. The van der Waals surface area contributed by atoms with Crippen LogP contribution in [-0.4, -0.2) is 44.9 Å². The van der Waals surface area contributed by atoms with Crippen LogP contribution in [0.2, 0.25) is 0 Å². The minimum absolute atomic E-state index is 0.0641. The maximum atomic E-state index is 11.3. The summed E-state index contributed by atoms with van der Waals surface area (Å²) in [7, 11) is 0. The SMILES string of the molecule is CC(=O)N1CC(CCCc2cnccn2)(C(=O)O)C1. The number of carbonyl (C=O) groups excluding carboxylic acids is 1. The van der Waals surface area contributed by atoms with Gasteiger partial charge in [0, 0.05) is 38.6 Å². The van der Waals surface area contributed by atoms with Crippen LogP contribution in [0.1, 0.15) is 25.5 Å². The van der Waals surface area contributed by atoms with Crippen LogP contribution in [0.15, 0.2) is 18.6 Å². The minimum atomic E-state index is -0.816. The Labute approximate surface area is 111 Å². The van der Waals surface area contributed by atoms with E-state index in [0.717, 1.165) is 12.1 Å². The molecule has 0 saturated carbocycles. The lowest BCUT2D eigenvalue weighted by molar-refractivity contribution is -0.166. The van der Waals surface area contributed by atoms with E-state index in [1.165, 1.54) is 6.92 Å². The van der Waals surface area contributed by atoms with Crippen LogP contribution in [0.4, 0.5) is 0 Å². The number of aryl methyl sites for hydroxylation is 1. The molecule has 0 unspecified atom stereocenters. The Morgan fingerprint density at radius 1 is 1.42 bits per heavy atom. The zero-order valence-corrected chi connectivity index (χ0v) is 10.9. The van der Waals surface area contributed by atoms with Gasteiger partial charge < -0.3 is 10.0 Å². The lowest BCUT2D eigenvalue weighted by Crippen LogP contribution is -2.61. The van der Waals surface area contributed by atoms with Crippen LogP contribution < -0.4 is 0 Å². The van der Waals surface area contributed by atoms with Crippen molar-refractivity contribution in [2.24, 2.45) is 5.41 Å². The van der Waals surface area contributed by atoms with Crippen LogP contribution in [0.3, 0.4) is 0 Å². The molecule has 0 aliphatic carbocycles. The van der Waals surface area contributed by atoms with E-state index in [9.17, 15) is 14.7 Å². The van der Waals surface area contributed by atoms with Crippen molar-refractivity contribution in [1.82, 2.24) is 14.9 Å². The first kappa shape index (κ1) is 13.5. The van der Waals surface area contributed by atoms with E-state index in [0.29, 0.717) is 25.9 Å². The minimum Gasteiger partial charge on any atom is -0.481 e. The topological polar surface area (TPSA) is 83.4 Å². The number of rotatable bonds is 5. The van der Waals surface area contributed by atoms with Gasteiger partial charge >= 0.3 is 5.97 Å². The van der Waals surface area contributed by atoms with Crippen molar-refractivity contribution in [3.8, 4) is 0 Å². The third-order valence-corrected chi connectivity index (χ3v) is 3.59. The summed E-state index contributed by atoms with van der Waals surface area (Å²) in [6.45, 7) is 2.10. The number of aromatic nitrogens is 2. The van der Waals surface area contributed by atoms with Crippen LogP contribution in [0.25, 0.3) is 0 Å². The van der Waals surface area contributed by atoms with Gasteiger partial charge in [0.2, 0.25) is 5.91 Å². The van der Waals surface area contributed by atoms with Crippen molar-refractivity contribution in [3.63, 3.8) is 0 Å². The van der Waals surface area contributed by atoms with Gasteiger partial charge in [0.15, 0.2) is 0 Å². The van der Waals surface area contributed by atoms with E-state index in [4.69, 9.17) is 0 Å². The highest BCUT2D eigenvalue weighted by Crippen LogP contribution is 2.35. The Hall–Kier alpha value is -1.98. The Balaban J connectivity index is 1.86. The maximum Gasteiger partial charge on any atom is 0.313 e. The van der Waals surface area contributed by atoms with Gasteiger partial charge in [0.05, 0.1) is 5.69 Å². The number of hydrogen-bond donors (Lipinski definition) is 1. The van der Waals surface area contributed by atoms with Gasteiger partial charge in [-0.2, -0.15) is 0 Å². The molecule has 0 spiro atoms. The number of carbonyl (C=O) groups is 2. The summed E-state index contributed by atoms with van der Waals surface area (Å²) in [6.07, 6.45) is 6.93. The highest BCUT2D eigenvalue weighted by molar-refractivity contribution is 5.82. The number of carboxylic acids is 1. The fourth-order valence-corrected chi connectivity index (χ4v) is 2.37. The second-order valence-corrected chi connectivity index (χ2v) is 5.01. The van der Waals surface area contributed by atoms with Gasteiger partial charge in [-0.25, -0.2) is 0 Å². The number of amides is 1.